The molecule has 9 nitrogen and oxygen atoms in total. The molecule has 1 unspecified atom stereocenters. The van der Waals surface area contributed by atoms with E-state index in [0.717, 1.165) is 15.7 Å². The highest BCUT2D eigenvalue weighted by molar-refractivity contribution is 7.94. The summed E-state index contributed by atoms with van der Waals surface area (Å²) < 4.78 is 29.9. The third-order valence-electron chi connectivity index (χ3n) is 4.65. The van der Waals surface area contributed by atoms with Crippen molar-refractivity contribution in [3.05, 3.63) is 82.5 Å². The van der Waals surface area contributed by atoms with Gasteiger partial charge >= 0.3 is 5.76 Å². The van der Waals surface area contributed by atoms with Crippen molar-refractivity contribution in [1.82, 2.24) is 19.7 Å². The summed E-state index contributed by atoms with van der Waals surface area (Å²) in [7, 11) is -3.37. The average Bonchev–Trinajstić information content (AvgIpc) is 3.29. The summed E-state index contributed by atoms with van der Waals surface area (Å²) in [5.41, 5.74) is 1.40. The van der Waals surface area contributed by atoms with Crippen LogP contribution in [0.15, 0.2) is 75.6 Å². The number of hydrogen-bond acceptors (Lipinski definition) is 7. The molecule has 1 amide bonds. The number of sulfone groups is 1. The van der Waals surface area contributed by atoms with Gasteiger partial charge in [-0.2, -0.15) is 4.68 Å². The third-order valence-corrected chi connectivity index (χ3v) is 6.02. The molecule has 1 aromatic carbocycles. The van der Waals surface area contributed by atoms with Crippen LogP contribution in [0.5, 0.6) is 0 Å². The lowest BCUT2D eigenvalue weighted by Gasteiger charge is -2.27. The Morgan fingerprint density at radius 2 is 1.90 bits per heavy atom. The van der Waals surface area contributed by atoms with Crippen molar-refractivity contribution in [3.8, 4) is 11.5 Å². The Morgan fingerprint density at radius 1 is 1.17 bits per heavy atom. The second-order valence-electron chi connectivity index (χ2n) is 6.80. The summed E-state index contributed by atoms with van der Waals surface area (Å²) >= 11 is 0. The molecule has 4 rings (SSSR count). The van der Waals surface area contributed by atoms with E-state index in [9.17, 15) is 18.0 Å². The minimum absolute atomic E-state index is 0.109. The molecule has 0 saturated carbocycles. The lowest BCUT2D eigenvalue weighted by atomic mass is 10.2. The zero-order valence-corrected chi connectivity index (χ0v) is 16.6. The van der Waals surface area contributed by atoms with Crippen LogP contribution in [-0.4, -0.2) is 45.8 Å². The van der Waals surface area contributed by atoms with Crippen molar-refractivity contribution >= 4 is 15.7 Å². The van der Waals surface area contributed by atoms with Gasteiger partial charge in [-0.1, -0.05) is 18.2 Å². The first-order valence-electron chi connectivity index (χ1n) is 9.14. The van der Waals surface area contributed by atoms with Gasteiger partial charge in [0.1, 0.15) is 6.54 Å². The van der Waals surface area contributed by atoms with E-state index in [4.69, 9.17) is 4.42 Å². The largest absolute Gasteiger partial charge is 0.437 e. The first-order chi connectivity index (χ1) is 14.4. The van der Waals surface area contributed by atoms with E-state index >= 15 is 0 Å². The van der Waals surface area contributed by atoms with E-state index in [-0.39, 0.29) is 24.7 Å². The van der Waals surface area contributed by atoms with Crippen molar-refractivity contribution in [3.63, 3.8) is 0 Å². The summed E-state index contributed by atoms with van der Waals surface area (Å²) in [4.78, 5) is 30.6. The van der Waals surface area contributed by atoms with Crippen molar-refractivity contribution in [2.75, 3.05) is 5.75 Å². The van der Waals surface area contributed by atoms with Crippen LogP contribution in [0.25, 0.3) is 11.5 Å². The predicted molar refractivity (Wildman–Crippen MR) is 108 cm³/mol. The monoisotopic (exact) mass is 426 g/mol. The summed E-state index contributed by atoms with van der Waals surface area (Å²) in [5.74, 6) is -1.31. The van der Waals surface area contributed by atoms with Crippen LogP contribution >= 0.6 is 0 Å². The molecule has 1 aliphatic heterocycles. The second kappa shape index (κ2) is 8.07. The highest BCUT2D eigenvalue weighted by atomic mass is 32.2. The number of carbonyl (C=O) groups excluding carboxylic acids is 1. The fraction of sp³-hybridized carbons (Fsp3) is 0.200. The van der Waals surface area contributed by atoms with Gasteiger partial charge in [0.05, 0.1) is 11.8 Å². The van der Waals surface area contributed by atoms with Gasteiger partial charge in [-0.15, -0.1) is 5.10 Å². The topological polar surface area (TPSA) is 115 Å². The van der Waals surface area contributed by atoms with Gasteiger partial charge in [0, 0.05) is 29.9 Å². The Kier molecular flexibility index (Phi) is 5.32. The first-order valence-corrected chi connectivity index (χ1v) is 10.9. The highest BCUT2D eigenvalue weighted by Crippen LogP contribution is 2.19. The lowest BCUT2D eigenvalue weighted by Crippen LogP contribution is -2.43. The highest BCUT2D eigenvalue weighted by Gasteiger charge is 2.31. The van der Waals surface area contributed by atoms with Gasteiger partial charge in [-0.3, -0.25) is 9.78 Å². The number of benzene rings is 1. The lowest BCUT2D eigenvalue weighted by molar-refractivity contribution is -0.133. The van der Waals surface area contributed by atoms with Crippen molar-refractivity contribution in [2.45, 2.75) is 19.1 Å². The molecule has 1 aliphatic rings. The van der Waals surface area contributed by atoms with E-state index in [1.165, 1.54) is 11.0 Å². The molecule has 30 heavy (non-hydrogen) atoms. The third kappa shape index (κ3) is 4.38. The zero-order chi connectivity index (χ0) is 21.1. The van der Waals surface area contributed by atoms with Gasteiger partial charge < -0.3 is 9.32 Å². The molecule has 154 valence electrons. The average molecular weight is 426 g/mol. The Morgan fingerprint density at radius 3 is 2.57 bits per heavy atom. The van der Waals surface area contributed by atoms with Crippen molar-refractivity contribution in [2.24, 2.45) is 0 Å². The van der Waals surface area contributed by atoms with E-state index in [0.29, 0.717) is 5.56 Å². The maximum absolute atomic E-state index is 13.1. The zero-order valence-electron chi connectivity index (χ0n) is 15.8. The summed E-state index contributed by atoms with van der Waals surface area (Å²) in [5, 5.41) is 5.22. The molecule has 0 saturated heterocycles. The number of pyridine rings is 1. The van der Waals surface area contributed by atoms with E-state index < -0.39 is 27.5 Å². The van der Waals surface area contributed by atoms with Crippen molar-refractivity contribution in [1.29, 1.82) is 0 Å². The quantitative estimate of drug-likeness (QED) is 0.582. The Labute approximate surface area is 172 Å². The summed E-state index contributed by atoms with van der Waals surface area (Å²) in [6, 6.07) is 11.7. The fourth-order valence-electron chi connectivity index (χ4n) is 3.15. The number of amides is 1. The van der Waals surface area contributed by atoms with Crippen LogP contribution in [0, 0.1) is 0 Å². The van der Waals surface area contributed by atoms with Gasteiger partial charge in [-0.05, 0) is 35.9 Å². The van der Waals surface area contributed by atoms with Gasteiger partial charge in [-0.25, -0.2) is 13.2 Å². The molecule has 0 N–H and O–H groups in total. The maximum atomic E-state index is 13.1. The predicted octanol–water partition coefficient (Wildman–Crippen LogP) is 1.24. The van der Waals surface area contributed by atoms with Crippen LogP contribution in [0.2, 0.25) is 0 Å². The van der Waals surface area contributed by atoms with E-state index in [1.54, 1.807) is 48.8 Å². The van der Waals surface area contributed by atoms with E-state index in [2.05, 4.69) is 10.1 Å². The van der Waals surface area contributed by atoms with Crippen LogP contribution in [0.1, 0.15) is 5.56 Å². The summed E-state index contributed by atoms with van der Waals surface area (Å²) in [6.45, 7) is -0.200. The minimum atomic E-state index is -3.37. The van der Waals surface area contributed by atoms with Crippen LogP contribution in [-0.2, 0) is 27.7 Å². The van der Waals surface area contributed by atoms with Crippen LogP contribution in [0.3, 0.4) is 0 Å². The molecule has 3 aromatic rings. The molecule has 2 aromatic heterocycles. The Hall–Kier alpha value is -3.53. The maximum Gasteiger partial charge on any atom is 0.437 e. The SMILES string of the molecule is O=C(Cn1nc(-c2ccccc2)oc1=O)N(Cc1ccncc1)C1C=CS(=O)(=O)C1. The van der Waals surface area contributed by atoms with Gasteiger partial charge in [0.2, 0.25) is 11.8 Å². The molecular weight excluding hydrogens is 408 g/mol. The van der Waals surface area contributed by atoms with E-state index in [1.807, 2.05) is 6.07 Å². The normalized spacial score (nSPS) is 17.1. The second-order valence-corrected chi connectivity index (χ2v) is 8.73. The summed E-state index contributed by atoms with van der Waals surface area (Å²) in [6.07, 6.45) is 4.66. The number of hydrogen-bond donors (Lipinski definition) is 0. The molecule has 0 radical (unpaired) electrons. The Bertz CT molecular complexity index is 1230. The fourth-order valence-corrected chi connectivity index (χ4v) is 4.45. The smallest absolute Gasteiger partial charge is 0.388 e. The van der Waals surface area contributed by atoms with Gasteiger partial charge in [0.25, 0.3) is 0 Å². The number of nitrogens with zero attached hydrogens (tertiary/aromatic N) is 4. The van der Waals surface area contributed by atoms with Crippen LogP contribution in [0.4, 0.5) is 0 Å². The van der Waals surface area contributed by atoms with Gasteiger partial charge in [0.15, 0.2) is 9.84 Å². The molecule has 0 bridgehead atoms. The number of rotatable bonds is 6. The van der Waals surface area contributed by atoms with Crippen LogP contribution < -0.4 is 5.76 Å². The minimum Gasteiger partial charge on any atom is -0.388 e. The molecule has 3 heterocycles. The van der Waals surface area contributed by atoms with Crippen molar-refractivity contribution < 1.29 is 17.6 Å². The number of aromatic nitrogens is 3. The Balaban J connectivity index is 1.58. The molecule has 1 atom stereocenters. The molecule has 0 fully saturated rings. The number of carbonyl (C=O) groups is 1. The standard InChI is InChI=1S/C20H18N4O5S/c25-18(13-24-20(26)29-19(22-24)16-4-2-1-3-5-16)23(12-15-6-9-21-10-7-15)17-8-11-30(27,28)14-17/h1-11,17H,12-14H2. The molecular formula is C20H18N4O5S. The molecule has 0 aliphatic carbocycles. The molecule has 0 spiro atoms. The first kappa shape index (κ1) is 19.8. The molecule has 10 heteroatoms.